The van der Waals surface area contributed by atoms with Gasteiger partial charge >= 0.3 is 12.1 Å². The van der Waals surface area contributed by atoms with E-state index in [-0.39, 0.29) is 19.4 Å². The maximum absolute atomic E-state index is 12.4. The zero-order chi connectivity index (χ0) is 16.3. The number of esters is 1. The number of amides is 1. The molecule has 120 valence electrons. The summed E-state index contributed by atoms with van der Waals surface area (Å²) in [6, 6.07) is 0. The van der Waals surface area contributed by atoms with E-state index in [0.717, 1.165) is 0 Å². The zero-order valence-electron chi connectivity index (χ0n) is 12.7. The van der Waals surface area contributed by atoms with E-state index in [4.69, 9.17) is 9.47 Å². The predicted octanol–water partition coefficient (Wildman–Crippen LogP) is 3.10. The summed E-state index contributed by atoms with van der Waals surface area (Å²) in [6.45, 7) is 5.36. The summed E-state index contributed by atoms with van der Waals surface area (Å²) in [5.41, 5.74) is -2.15. The number of hydrogen-bond donors (Lipinski definition) is 0. The average Bonchev–Trinajstić information content (AvgIpc) is 2.78. The van der Waals surface area contributed by atoms with Crippen molar-refractivity contribution in [1.29, 1.82) is 0 Å². The van der Waals surface area contributed by atoms with Crippen molar-refractivity contribution >= 4 is 12.1 Å². The SMILES string of the molecule is COC(=O)C1(CC=C(F)F)CCCN1C(=O)OC(C)(C)C. The van der Waals surface area contributed by atoms with E-state index >= 15 is 0 Å². The van der Waals surface area contributed by atoms with Crippen molar-refractivity contribution in [2.24, 2.45) is 0 Å². The number of ether oxygens (including phenoxy) is 2. The first-order chi connectivity index (χ1) is 9.62. The minimum atomic E-state index is -1.89. The molecule has 0 aromatic carbocycles. The molecule has 0 bridgehead atoms. The van der Waals surface area contributed by atoms with Gasteiger partial charge in [-0.3, -0.25) is 4.90 Å². The van der Waals surface area contributed by atoms with Gasteiger partial charge in [0.05, 0.1) is 7.11 Å². The number of nitrogens with zero attached hydrogens (tertiary/aromatic N) is 1. The van der Waals surface area contributed by atoms with Crippen LogP contribution in [0.3, 0.4) is 0 Å². The molecule has 1 heterocycles. The van der Waals surface area contributed by atoms with Crippen LogP contribution in [0.5, 0.6) is 0 Å². The van der Waals surface area contributed by atoms with Crippen LogP contribution < -0.4 is 0 Å². The molecule has 1 rings (SSSR count). The normalized spacial score (nSPS) is 21.9. The second-order valence-corrected chi connectivity index (χ2v) is 5.96. The van der Waals surface area contributed by atoms with E-state index in [9.17, 15) is 18.4 Å². The van der Waals surface area contributed by atoms with Crippen LogP contribution in [0.1, 0.15) is 40.0 Å². The quantitative estimate of drug-likeness (QED) is 0.752. The van der Waals surface area contributed by atoms with Gasteiger partial charge in [-0.1, -0.05) is 0 Å². The van der Waals surface area contributed by atoms with Gasteiger partial charge in [-0.2, -0.15) is 8.78 Å². The standard InChI is InChI=1S/C14H21F2NO4/c1-13(2,3)21-12(19)17-9-5-7-14(17,11(18)20-4)8-6-10(15)16/h6H,5,7-9H2,1-4H3. The Morgan fingerprint density at radius 1 is 1.33 bits per heavy atom. The third kappa shape index (κ3) is 4.15. The first-order valence-corrected chi connectivity index (χ1v) is 6.72. The third-order valence-corrected chi connectivity index (χ3v) is 3.26. The molecule has 0 radical (unpaired) electrons. The smallest absolute Gasteiger partial charge is 0.411 e. The Morgan fingerprint density at radius 2 is 1.95 bits per heavy atom. The van der Waals surface area contributed by atoms with Crippen molar-refractivity contribution in [3.8, 4) is 0 Å². The Labute approximate surface area is 122 Å². The van der Waals surface area contributed by atoms with Gasteiger partial charge in [-0.15, -0.1) is 0 Å². The first kappa shape index (κ1) is 17.4. The molecule has 1 unspecified atom stereocenters. The van der Waals surface area contributed by atoms with Gasteiger partial charge in [0.1, 0.15) is 11.1 Å². The Morgan fingerprint density at radius 3 is 2.43 bits per heavy atom. The van der Waals surface area contributed by atoms with E-state index in [0.29, 0.717) is 12.5 Å². The van der Waals surface area contributed by atoms with Gasteiger partial charge in [0.2, 0.25) is 0 Å². The lowest BCUT2D eigenvalue weighted by atomic mass is 9.92. The largest absolute Gasteiger partial charge is 0.467 e. The molecule has 1 saturated heterocycles. The molecule has 7 heteroatoms. The Bertz CT molecular complexity index is 441. The molecule has 1 atom stereocenters. The van der Waals surface area contributed by atoms with E-state index in [1.54, 1.807) is 20.8 Å². The molecule has 0 aromatic rings. The van der Waals surface area contributed by atoms with Gasteiger partial charge in [0.15, 0.2) is 0 Å². The average molecular weight is 305 g/mol. The van der Waals surface area contributed by atoms with Crippen LogP contribution in [-0.4, -0.2) is 41.8 Å². The molecule has 0 aliphatic carbocycles. The summed E-state index contributed by atoms with van der Waals surface area (Å²) in [5.74, 6) is -0.705. The van der Waals surface area contributed by atoms with Crippen LogP contribution in [0.15, 0.2) is 12.2 Å². The van der Waals surface area contributed by atoms with Crippen LogP contribution in [0.4, 0.5) is 13.6 Å². The number of carbonyl (C=O) groups is 2. The van der Waals surface area contributed by atoms with E-state index in [2.05, 4.69) is 0 Å². The number of halogens is 2. The molecule has 1 amide bonds. The molecule has 5 nitrogen and oxygen atoms in total. The van der Waals surface area contributed by atoms with E-state index < -0.39 is 29.3 Å². The van der Waals surface area contributed by atoms with E-state index in [1.807, 2.05) is 0 Å². The maximum atomic E-state index is 12.4. The van der Waals surface area contributed by atoms with Gasteiger partial charge in [0.25, 0.3) is 6.08 Å². The molecular formula is C14H21F2NO4. The Kier molecular flexibility index (Phi) is 5.31. The Balaban J connectivity index is 3.07. The predicted molar refractivity (Wildman–Crippen MR) is 71.8 cm³/mol. The van der Waals surface area contributed by atoms with Crippen molar-refractivity contribution in [3.63, 3.8) is 0 Å². The monoisotopic (exact) mass is 305 g/mol. The molecule has 1 fully saturated rings. The fourth-order valence-electron chi connectivity index (χ4n) is 2.41. The van der Waals surface area contributed by atoms with E-state index in [1.165, 1.54) is 12.0 Å². The molecular weight excluding hydrogens is 284 g/mol. The topological polar surface area (TPSA) is 55.8 Å². The van der Waals surface area contributed by atoms with Crippen molar-refractivity contribution in [2.75, 3.05) is 13.7 Å². The summed E-state index contributed by atoms with van der Waals surface area (Å²) >= 11 is 0. The lowest BCUT2D eigenvalue weighted by molar-refractivity contribution is -0.153. The number of rotatable bonds is 3. The lowest BCUT2D eigenvalue weighted by Crippen LogP contribution is -2.54. The highest BCUT2D eigenvalue weighted by Gasteiger charge is 2.51. The highest BCUT2D eigenvalue weighted by molar-refractivity contribution is 5.86. The van der Waals surface area contributed by atoms with Gasteiger partial charge in [-0.25, -0.2) is 9.59 Å². The van der Waals surface area contributed by atoms with Gasteiger partial charge in [-0.05, 0) is 39.7 Å². The summed E-state index contributed by atoms with van der Waals surface area (Å²) in [6.07, 6.45) is -1.45. The fraction of sp³-hybridized carbons (Fsp3) is 0.714. The molecule has 0 saturated carbocycles. The van der Waals surface area contributed by atoms with Gasteiger partial charge in [0, 0.05) is 13.0 Å². The van der Waals surface area contributed by atoms with Crippen molar-refractivity contribution < 1.29 is 27.8 Å². The maximum Gasteiger partial charge on any atom is 0.411 e. The summed E-state index contributed by atoms with van der Waals surface area (Å²) < 4.78 is 34.8. The van der Waals surface area contributed by atoms with Crippen molar-refractivity contribution in [1.82, 2.24) is 4.90 Å². The summed E-state index contributed by atoms with van der Waals surface area (Å²) in [5, 5.41) is 0. The fourth-order valence-corrected chi connectivity index (χ4v) is 2.41. The number of methoxy groups -OCH3 is 1. The Hall–Kier alpha value is -1.66. The molecule has 0 spiro atoms. The number of hydrogen-bond acceptors (Lipinski definition) is 4. The summed E-state index contributed by atoms with van der Waals surface area (Å²) in [7, 11) is 1.17. The van der Waals surface area contributed by atoms with Crippen LogP contribution in [-0.2, 0) is 14.3 Å². The highest BCUT2D eigenvalue weighted by atomic mass is 19.3. The van der Waals surface area contributed by atoms with Crippen LogP contribution in [0.2, 0.25) is 0 Å². The minimum absolute atomic E-state index is 0.267. The van der Waals surface area contributed by atoms with Crippen LogP contribution in [0.25, 0.3) is 0 Å². The van der Waals surface area contributed by atoms with Crippen molar-refractivity contribution in [2.45, 2.75) is 51.2 Å². The van der Waals surface area contributed by atoms with Crippen LogP contribution in [0, 0.1) is 0 Å². The molecule has 21 heavy (non-hydrogen) atoms. The zero-order valence-corrected chi connectivity index (χ0v) is 12.7. The number of carbonyl (C=O) groups excluding carboxylic acids is 2. The minimum Gasteiger partial charge on any atom is -0.467 e. The number of likely N-dealkylation sites (tertiary alicyclic amines) is 1. The molecule has 0 N–H and O–H groups in total. The van der Waals surface area contributed by atoms with Crippen LogP contribution >= 0.6 is 0 Å². The van der Waals surface area contributed by atoms with Crippen molar-refractivity contribution in [3.05, 3.63) is 12.2 Å². The molecule has 1 aliphatic rings. The third-order valence-electron chi connectivity index (χ3n) is 3.26. The highest BCUT2D eigenvalue weighted by Crippen LogP contribution is 2.36. The molecule has 1 aliphatic heterocycles. The summed E-state index contributed by atoms with van der Waals surface area (Å²) in [4.78, 5) is 25.5. The van der Waals surface area contributed by atoms with Gasteiger partial charge < -0.3 is 9.47 Å². The molecule has 0 aromatic heterocycles. The second kappa shape index (κ2) is 6.41. The lowest BCUT2D eigenvalue weighted by Gasteiger charge is -2.36. The second-order valence-electron chi connectivity index (χ2n) is 5.96. The first-order valence-electron chi connectivity index (χ1n) is 6.72.